The number of anilines is 1. The first kappa shape index (κ1) is 16.8. The van der Waals surface area contributed by atoms with E-state index >= 15 is 0 Å². The van der Waals surface area contributed by atoms with Crippen molar-refractivity contribution in [3.05, 3.63) is 70.9 Å². The number of benzene rings is 1. The molecular weight excluding hydrogens is 332 g/mol. The minimum atomic E-state index is -0.553. The summed E-state index contributed by atoms with van der Waals surface area (Å²) < 4.78 is 0. The van der Waals surface area contributed by atoms with Crippen LogP contribution in [-0.4, -0.2) is 16.1 Å². The van der Waals surface area contributed by atoms with Crippen LogP contribution in [0.1, 0.15) is 28.5 Å². The number of hydrogen-bond donors (Lipinski definition) is 2. The molecule has 0 saturated heterocycles. The summed E-state index contributed by atoms with van der Waals surface area (Å²) in [6.45, 7) is 1.97. The number of aliphatic imine (C=N–C) groups is 1. The Morgan fingerprint density at radius 3 is 2.88 bits per heavy atom. The van der Waals surface area contributed by atoms with E-state index in [2.05, 4.69) is 21.2 Å². The fraction of sp³-hybridized carbons (Fsp3) is 0.105. The van der Waals surface area contributed by atoms with Gasteiger partial charge in [0, 0.05) is 17.4 Å². The molecule has 25 heavy (non-hydrogen) atoms. The number of hydrogen-bond acceptors (Lipinski definition) is 5. The second-order valence-electron chi connectivity index (χ2n) is 5.63. The van der Waals surface area contributed by atoms with Gasteiger partial charge in [0.05, 0.1) is 0 Å². The highest BCUT2D eigenvalue weighted by Crippen LogP contribution is 2.33. The van der Waals surface area contributed by atoms with Gasteiger partial charge in [-0.3, -0.25) is 4.79 Å². The Morgan fingerprint density at radius 1 is 1.36 bits per heavy atom. The van der Waals surface area contributed by atoms with Crippen molar-refractivity contribution in [2.24, 2.45) is 10.7 Å². The Hall–Kier alpha value is -3.04. The number of carbonyl (C=O) groups excluding carboxylic acids is 1. The van der Waals surface area contributed by atoms with Crippen molar-refractivity contribution in [3.63, 3.8) is 0 Å². The number of thioether (sulfide) groups is 1. The van der Waals surface area contributed by atoms with Gasteiger partial charge in [-0.25, -0.2) is 9.98 Å². The Morgan fingerprint density at radius 2 is 2.20 bits per heavy atom. The summed E-state index contributed by atoms with van der Waals surface area (Å²) in [6, 6.07) is 10.8. The summed E-state index contributed by atoms with van der Waals surface area (Å²) >= 11 is 1.39. The quantitative estimate of drug-likeness (QED) is 0.835. The molecule has 0 aliphatic carbocycles. The molecule has 3 N–H and O–H groups in total. The predicted molar refractivity (Wildman–Crippen MR) is 102 cm³/mol. The monoisotopic (exact) mass is 348 g/mol. The maximum absolute atomic E-state index is 12.3. The third-order valence-electron chi connectivity index (χ3n) is 3.79. The molecule has 124 valence electrons. The van der Waals surface area contributed by atoms with Crippen molar-refractivity contribution in [3.8, 4) is 12.3 Å². The molecule has 0 spiro atoms. The molecule has 0 bridgehead atoms. The molecule has 0 unspecified atom stereocenters. The van der Waals surface area contributed by atoms with E-state index in [4.69, 9.17) is 12.2 Å². The molecule has 0 radical (unpaired) electrons. The summed E-state index contributed by atoms with van der Waals surface area (Å²) in [5.41, 5.74) is 7.80. The molecule has 5 nitrogen and oxygen atoms in total. The second kappa shape index (κ2) is 6.83. The topological polar surface area (TPSA) is 80.4 Å². The SMILES string of the molecule is C#Cc1ccc(C(=O)Nc2cccc([C@]3(C)C=CSC(N)=N3)c2)nc1. The van der Waals surface area contributed by atoms with Gasteiger partial charge >= 0.3 is 0 Å². The van der Waals surface area contributed by atoms with Crippen LogP contribution >= 0.6 is 11.8 Å². The molecule has 0 fully saturated rings. The zero-order chi connectivity index (χ0) is 17.9. The number of nitrogens with zero attached hydrogens (tertiary/aromatic N) is 2. The molecule has 3 rings (SSSR count). The number of amides is 1. The summed E-state index contributed by atoms with van der Waals surface area (Å²) in [7, 11) is 0. The van der Waals surface area contributed by atoms with Crippen molar-refractivity contribution >= 4 is 28.5 Å². The molecule has 0 saturated carbocycles. The minimum absolute atomic E-state index is 0.298. The fourth-order valence-corrected chi connectivity index (χ4v) is 3.12. The van der Waals surface area contributed by atoms with Crippen molar-refractivity contribution in [2.45, 2.75) is 12.5 Å². The van der Waals surface area contributed by atoms with E-state index in [0.29, 0.717) is 22.1 Å². The van der Waals surface area contributed by atoms with E-state index < -0.39 is 5.54 Å². The minimum Gasteiger partial charge on any atom is -0.378 e. The van der Waals surface area contributed by atoms with E-state index in [1.54, 1.807) is 12.1 Å². The standard InChI is InChI=1S/C19H16N4OS/c1-3-13-7-8-16(21-12-13)17(24)22-15-6-4-5-14(11-15)19(2)9-10-25-18(20)23-19/h1,4-12H,2H3,(H2,20,23)(H,22,24)/t19-/m0/s1. The molecule has 6 heteroatoms. The Balaban J connectivity index is 1.82. The average molecular weight is 348 g/mol. The number of nitrogens with one attached hydrogen (secondary N) is 1. The van der Waals surface area contributed by atoms with Crippen molar-refractivity contribution in [2.75, 3.05) is 5.32 Å². The lowest BCUT2D eigenvalue weighted by Crippen LogP contribution is -2.23. The number of pyridine rings is 1. The van der Waals surface area contributed by atoms with Gasteiger partial charge in [-0.15, -0.1) is 6.42 Å². The zero-order valence-electron chi connectivity index (χ0n) is 13.6. The fourth-order valence-electron chi connectivity index (χ4n) is 2.41. The third kappa shape index (κ3) is 3.73. The van der Waals surface area contributed by atoms with E-state index in [-0.39, 0.29) is 5.91 Å². The molecule has 1 atom stereocenters. The summed E-state index contributed by atoms with van der Waals surface area (Å²) in [5, 5.41) is 5.27. The molecular formula is C19H16N4OS. The molecule has 1 aliphatic rings. The van der Waals surface area contributed by atoms with Crippen LogP contribution in [0.4, 0.5) is 5.69 Å². The molecule has 1 aromatic carbocycles. The lowest BCUT2D eigenvalue weighted by Gasteiger charge is -2.25. The van der Waals surface area contributed by atoms with Crippen LogP contribution in [0.2, 0.25) is 0 Å². The number of nitrogens with two attached hydrogens (primary N) is 1. The normalized spacial score (nSPS) is 19.0. The Bertz CT molecular complexity index is 912. The Labute approximate surface area is 150 Å². The van der Waals surface area contributed by atoms with E-state index in [1.165, 1.54) is 18.0 Å². The average Bonchev–Trinajstić information content (AvgIpc) is 2.62. The first-order valence-corrected chi connectivity index (χ1v) is 8.42. The predicted octanol–water partition coefficient (Wildman–Crippen LogP) is 3.11. The van der Waals surface area contributed by atoms with Crippen LogP contribution in [0.5, 0.6) is 0 Å². The first-order chi connectivity index (χ1) is 12.0. The van der Waals surface area contributed by atoms with E-state index in [1.807, 2.05) is 42.7 Å². The van der Waals surface area contributed by atoms with Crippen LogP contribution in [0.25, 0.3) is 0 Å². The first-order valence-electron chi connectivity index (χ1n) is 7.54. The molecule has 2 heterocycles. The molecule has 2 aromatic rings. The lowest BCUT2D eigenvalue weighted by molar-refractivity contribution is 0.102. The van der Waals surface area contributed by atoms with Crippen molar-refractivity contribution < 1.29 is 4.79 Å². The number of amidine groups is 1. The van der Waals surface area contributed by atoms with Gasteiger partial charge < -0.3 is 11.1 Å². The van der Waals surface area contributed by atoms with Gasteiger partial charge in [-0.1, -0.05) is 29.8 Å². The van der Waals surface area contributed by atoms with Gasteiger partial charge in [0.25, 0.3) is 5.91 Å². The third-order valence-corrected chi connectivity index (χ3v) is 4.40. The summed E-state index contributed by atoms with van der Waals surface area (Å²) in [6.07, 6.45) is 8.77. The number of terminal acetylenes is 1. The molecule has 1 aromatic heterocycles. The highest BCUT2D eigenvalue weighted by molar-refractivity contribution is 8.16. The van der Waals surface area contributed by atoms with Crippen LogP contribution in [-0.2, 0) is 5.54 Å². The number of aromatic nitrogens is 1. The number of rotatable bonds is 3. The van der Waals surface area contributed by atoms with Gasteiger partial charge in [0.15, 0.2) is 5.17 Å². The van der Waals surface area contributed by atoms with Crippen LogP contribution in [0.15, 0.2) is 59.1 Å². The van der Waals surface area contributed by atoms with Crippen LogP contribution in [0, 0.1) is 12.3 Å². The maximum atomic E-state index is 12.3. The van der Waals surface area contributed by atoms with Gasteiger partial charge in [0.2, 0.25) is 0 Å². The largest absolute Gasteiger partial charge is 0.378 e. The highest BCUT2D eigenvalue weighted by atomic mass is 32.2. The van der Waals surface area contributed by atoms with Crippen molar-refractivity contribution in [1.82, 2.24) is 4.98 Å². The second-order valence-corrected chi connectivity index (χ2v) is 6.56. The number of carbonyl (C=O) groups is 1. The lowest BCUT2D eigenvalue weighted by atomic mass is 9.92. The van der Waals surface area contributed by atoms with Crippen molar-refractivity contribution in [1.29, 1.82) is 0 Å². The van der Waals surface area contributed by atoms with Crippen LogP contribution < -0.4 is 11.1 Å². The zero-order valence-corrected chi connectivity index (χ0v) is 14.4. The summed E-state index contributed by atoms with van der Waals surface area (Å²) in [4.78, 5) is 20.9. The maximum Gasteiger partial charge on any atom is 0.274 e. The van der Waals surface area contributed by atoms with E-state index in [0.717, 1.165) is 5.56 Å². The van der Waals surface area contributed by atoms with Gasteiger partial charge in [0.1, 0.15) is 11.2 Å². The summed E-state index contributed by atoms with van der Waals surface area (Å²) in [5.74, 6) is 2.17. The van der Waals surface area contributed by atoms with Gasteiger partial charge in [-0.05, 0) is 48.2 Å². The molecule has 1 aliphatic heterocycles. The highest BCUT2D eigenvalue weighted by Gasteiger charge is 2.25. The molecule has 1 amide bonds. The van der Waals surface area contributed by atoms with Gasteiger partial charge in [-0.2, -0.15) is 0 Å². The Kier molecular flexibility index (Phi) is 4.59. The smallest absolute Gasteiger partial charge is 0.274 e. The van der Waals surface area contributed by atoms with Crippen LogP contribution in [0.3, 0.4) is 0 Å². The van der Waals surface area contributed by atoms with E-state index in [9.17, 15) is 4.79 Å².